The van der Waals surface area contributed by atoms with Crippen molar-refractivity contribution in [1.82, 2.24) is 5.32 Å². The molecule has 0 aliphatic carbocycles. The Morgan fingerprint density at radius 2 is 2.36 bits per heavy atom. The van der Waals surface area contributed by atoms with E-state index in [1.54, 1.807) is 6.07 Å². The topological polar surface area (TPSA) is 29.1 Å². The molecule has 0 aliphatic heterocycles. The van der Waals surface area contributed by atoms with Crippen molar-refractivity contribution < 1.29 is 13.6 Å². The molecule has 0 aromatic carbocycles. The maximum Gasteiger partial charge on any atom is 0.321 e. The van der Waals surface area contributed by atoms with Gasteiger partial charge in [0.1, 0.15) is 0 Å². The lowest BCUT2D eigenvalue weighted by Gasteiger charge is -2.10. The molecule has 0 spiro atoms. The quantitative estimate of drug-likeness (QED) is 0.908. The summed E-state index contributed by atoms with van der Waals surface area (Å²) in [6.45, 7) is 0.692. The number of halogens is 3. The Kier molecular flexibility index (Phi) is 3.60. The van der Waals surface area contributed by atoms with Gasteiger partial charge < -0.3 is 5.32 Å². The van der Waals surface area contributed by atoms with Gasteiger partial charge in [0.15, 0.2) is 0 Å². The third-order valence-electron chi connectivity index (χ3n) is 1.53. The molecule has 1 aromatic heterocycles. The van der Waals surface area contributed by atoms with Gasteiger partial charge in [-0.2, -0.15) is 8.78 Å². The first kappa shape index (κ1) is 11.6. The zero-order chi connectivity index (χ0) is 10.8. The largest absolute Gasteiger partial charge is 0.347 e. The SMILES string of the molecule is CC(F)(F)C(=O)NCc1ccsc1Br. The molecule has 78 valence electrons. The van der Waals surface area contributed by atoms with Gasteiger partial charge in [0.2, 0.25) is 0 Å². The Bertz CT molecular complexity index is 334. The average molecular weight is 284 g/mol. The summed E-state index contributed by atoms with van der Waals surface area (Å²) in [7, 11) is 0. The number of thiophene rings is 1. The first-order valence-corrected chi connectivity index (χ1v) is 5.46. The minimum absolute atomic E-state index is 0.117. The number of carbonyl (C=O) groups is 1. The van der Waals surface area contributed by atoms with Crippen LogP contribution in [0, 0.1) is 0 Å². The fourth-order valence-electron chi connectivity index (χ4n) is 0.776. The fourth-order valence-corrected chi connectivity index (χ4v) is 2.02. The molecule has 0 saturated carbocycles. The standard InChI is InChI=1S/C8H8BrF2NOS/c1-8(10,11)7(13)12-4-5-2-3-14-6(5)9/h2-3H,4H2,1H3,(H,12,13). The number of hydrogen-bond acceptors (Lipinski definition) is 2. The molecule has 1 heterocycles. The van der Waals surface area contributed by atoms with Crippen LogP contribution in [0.15, 0.2) is 15.2 Å². The second-order valence-corrected chi connectivity index (χ2v) is 5.02. The second-order valence-electron chi connectivity index (χ2n) is 2.79. The lowest BCUT2D eigenvalue weighted by atomic mass is 10.3. The Morgan fingerprint density at radius 3 is 2.79 bits per heavy atom. The molecule has 2 nitrogen and oxygen atoms in total. The number of carbonyl (C=O) groups excluding carboxylic acids is 1. The van der Waals surface area contributed by atoms with Crippen LogP contribution in [0.4, 0.5) is 8.78 Å². The van der Waals surface area contributed by atoms with Gasteiger partial charge in [-0.3, -0.25) is 4.79 Å². The number of amides is 1. The zero-order valence-corrected chi connectivity index (χ0v) is 9.71. The third-order valence-corrected chi connectivity index (χ3v) is 3.34. The first-order chi connectivity index (χ1) is 6.41. The van der Waals surface area contributed by atoms with Crippen molar-refractivity contribution in [2.75, 3.05) is 0 Å². The van der Waals surface area contributed by atoms with Crippen molar-refractivity contribution in [2.24, 2.45) is 0 Å². The Labute approximate surface area is 92.4 Å². The molecule has 0 bridgehead atoms. The molecular weight excluding hydrogens is 276 g/mol. The summed E-state index contributed by atoms with van der Waals surface area (Å²) in [5, 5.41) is 3.97. The van der Waals surface area contributed by atoms with E-state index in [-0.39, 0.29) is 6.54 Å². The lowest BCUT2D eigenvalue weighted by molar-refractivity contribution is -0.143. The van der Waals surface area contributed by atoms with E-state index < -0.39 is 11.8 Å². The monoisotopic (exact) mass is 283 g/mol. The van der Waals surface area contributed by atoms with Crippen LogP contribution >= 0.6 is 27.3 Å². The van der Waals surface area contributed by atoms with E-state index in [1.165, 1.54) is 11.3 Å². The summed E-state index contributed by atoms with van der Waals surface area (Å²) in [6.07, 6.45) is 0. The van der Waals surface area contributed by atoms with Gasteiger partial charge in [0.25, 0.3) is 5.91 Å². The average Bonchev–Trinajstić information content (AvgIpc) is 2.45. The van der Waals surface area contributed by atoms with E-state index in [2.05, 4.69) is 21.2 Å². The summed E-state index contributed by atoms with van der Waals surface area (Å²) in [5.74, 6) is -4.57. The number of hydrogen-bond donors (Lipinski definition) is 1. The number of alkyl halides is 2. The lowest BCUT2D eigenvalue weighted by Crippen LogP contribution is -2.37. The molecule has 1 N–H and O–H groups in total. The Morgan fingerprint density at radius 1 is 1.71 bits per heavy atom. The van der Waals surface area contributed by atoms with E-state index >= 15 is 0 Å². The van der Waals surface area contributed by atoms with Crippen molar-refractivity contribution in [3.8, 4) is 0 Å². The predicted octanol–water partition coefficient (Wildman–Crippen LogP) is 2.78. The fraction of sp³-hybridized carbons (Fsp3) is 0.375. The van der Waals surface area contributed by atoms with Crippen LogP contribution in [0.3, 0.4) is 0 Å². The maximum absolute atomic E-state index is 12.4. The molecule has 0 unspecified atom stereocenters. The van der Waals surface area contributed by atoms with E-state index in [0.717, 1.165) is 9.35 Å². The molecule has 0 aliphatic rings. The summed E-state index contributed by atoms with van der Waals surface area (Å²) in [6, 6.07) is 1.77. The Hall–Kier alpha value is -0.490. The molecule has 0 saturated heterocycles. The third kappa shape index (κ3) is 3.02. The van der Waals surface area contributed by atoms with E-state index in [9.17, 15) is 13.6 Å². The maximum atomic E-state index is 12.4. The van der Waals surface area contributed by atoms with Crippen LogP contribution in [0.5, 0.6) is 0 Å². The van der Waals surface area contributed by atoms with Crippen LogP contribution in [-0.4, -0.2) is 11.8 Å². The van der Waals surface area contributed by atoms with E-state index in [0.29, 0.717) is 6.92 Å². The van der Waals surface area contributed by atoms with Crippen molar-refractivity contribution in [2.45, 2.75) is 19.4 Å². The van der Waals surface area contributed by atoms with Crippen LogP contribution in [-0.2, 0) is 11.3 Å². The first-order valence-electron chi connectivity index (χ1n) is 3.79. The molecule has 0 atom stereocenters. The molecule has 6 heteroatoms. The second kappa shape index (κ2) is 4.35. The molecule has 1 aromatic rings. The summed E-state index contributed by atoms with van der Waals surface area (Å²) in [5.41, 5.74) is 0.799. The van der Waals surface area contributed by atoms with Crippen LogP contribution in [0.25, 0.3) is 0 Å². The summed E-state index contributed by atoms with van der Waals surface area (Å²) < 4.78 is 25.7. The zero-order valence-electron chi connectivity index (χ0n) is 7.31. The number of nitrogens with one attached hydrogen (secondary N) is 1. The highest BCUT2D eigenvalue weighted by Gasteiger charge is 2.31. The van der Waals surface area contributed by atoms with E-state index in [4.69, 9.17) is 0 Å². The van der Waals surface area contributed by atoms with Gasteiger partial charge >= 0.3 is 5.92 Å². The van der Waals surface area contributed by atoms with Crippen LogP contribution < -0.4 is 5.32 Å². The molecule has 1 amide bonds. The Balaban J connectivity index is 2.50. The van der Waals surface area contributed by atoms with Crippen LogP contribution in [0.2, 0.25) is 0 Å². The number of rotatable bonds is 3. The van der Waals surface area contributed by atoms with Gasteiger partial charge in [0.05, 0.1) is 3.79 Å². The smallest absolute Gasteiger partial charge is 0.321 e. The van der Waals surface area contributed by atoms with E-state index in [1.807, 2.05) is 5.38 Å². The summed E-state index contributed by atoms with van der Waals surface area (Å²) in [4.78, 5) is 10.8. The highest BCUT2D eigenvalue weighted by molar-refractivity contribution is 9.11. The highest BCUT2D eigenvalue weighted by atomic mass is 79.9. The predicted molar refractivity (Wildman–Crippen MR) is 54.5 cm³/mol. The van der Waals surface area contributed by atoms with Gasteiger partial charge in [-0.05, 0) is 32.9 Å². The summed E-state index contributed by atoms with van der Waals surface area (Å²) >= 11 is 4.69. The minimum atomic E-state index is -3.32. The van der Waals surface area contributed by atoms with Crippen molar-refractivity contribution in [1.29, 1.82) is 0 Å². The van der Waals surface area contributed by atoms with Crippen molar-refractivity contribution in [3.05, 3.63) is 20.8 Å². The molecule has 1 rings (SSSR count). The molecule has 0 radical (unpaired) electrons. The minimum Gasteiger partial charge on any atom is -0.347 e. The molecule has 14 heavy (non-hydrogen) atoms. The van der Waals surface area contributed by atoms with Crippen molar-refractivity contribution >= 4 is 33.2 Å². The normalized spacial score (nSPS) is 11.4. The van der Waals surface area contributed by atoms with Gasteiger partial charge in [-0.15, -0.1) is 11.3 Å². The van der Waals surface area contributed by atoms with Gasteiger partial charge in [-0.25, -0.2) is 0 Å². The van der Waals surface area contributed by atoms with Gasteiger partial charge in [0, 0.05) is 13.5 Å². The molecular formula is C8H8BrF2NOS. The highest BCUT2D eigenvalue weighted by Crippen LogP contribution is 2.23. The van der Waals surface area contributed by atoms with Gasteiger partial charge in [-0.1, -0.05) is 0 Å². The molecule has 0 fully saturated rings. The van der Waals surface area contributed by atoms with Crippen molar-refractivity contribution in [3.63, 3.8) is 0 Å². The van der Waals surface area contributed by atoms with Crippen LogP contribution in [0.1, 0.15) is 12.5 Å².